The van der Waals surface area contributed by atoms with Gasteiger partial charge in [-0.2, -0.15) is 0 Å². The molecule has 1 aromatic heterocycles. The van der Waals surface area contributed by atoms with Gasteiger partial charge >= 0.3 is 5.97 Å². The molecular weight excluding hydrogens is 226 g/mol. The molecular formula is C11H13NO5. The highest BCUT2D eigenvalue weighted by molar-refractivity contribution is 5.94. The van der Waals surface area contributed by atoms with Crippen molar-refractivity contribution < 1.29 is 24.2 Å². The van der Waals surface area contributed by atoms with Crippen molar-refractivity contribution in [1.29, 1.82) is 0 Å². The van der Waals surface area contributed by atoms with Crippen molar-refractivity contribution >= 4 is 11.9 Å². The third kappa shape index (κ3) is 2.16. The summed E-state index contributed by atoms with van der Waals surface area (Å²) < 4.78 is 5.16. The Morgan fingerprint density at radius 1 is 1.47 bits per heavy atom. The fourth-order valence-corrected chi connectivity index (χ4v) is 1.96. The van der Waals surface area contributed by atoms with Crippen molar-refractivity contribution in [3.63, 3.8) is 0 Å². The van der Waals surface area contributed by atoms with Gasteiger partial charge in [0, 0.05) is 13.0 Å². The first-order valence-electron chi connectivity index (χ1n) is 5.27. The second-order valence-corrected chi connectivity index (χ2v) is 4.11. The molecule has 2 N–H and O–H groups in total. The first kappa shape index (κ1) is 11.7. The molecule has 1 aromatic rings. The second-order valence-electron chi connectivity index (χ2n) is 4.11. The maximum absolute atomic E-state index is 12.0. The van der Waals surface area contributed by atoms with Crippen LogP contribution in [-0.2, 0) is 4.79 Å². The van der Waals surface area contributed by atoms with E-state index in [4.69, 9.17) is 9.52 Å². The Morgan fingerprint density at radius 2 is 2.18 bits per heavy atom. The van der Waals surface area contributed by atoms with E-state index in [-0.39, 0.29) is 18.7 Å². The molecule has 1 saturated heterocycles. The Balaban J connectivity index is 2.21. The molecule has 0 unspecified atom stereocenters. The molecule has 6 nitrogen and oxygen atoms in total. The molecule has 0 aromatic carbocycles. The highest BCUT2D eigenvalue weighted by Gasteiger charge is 2.40. The van der Waals surface area contributed by atoms with E-state index in [1.165, 1.54) is 6.07 Å². The lowest BCUT2D eigenvalue weighted by Crippen LogP contribution is -2.40. The van der Waals surface area contributed by atoms with Crippen LogP contribution in [0.25, 0.3) is 0 Å². The molecule has 17 heavy (non-hydrogen) atoms. The number of aliphatic hydroxyl groups is 1. The van der Waals surface area contributed by atoms with Crippen molar-refractivity contribution in [2.24, 2.45) is 0 Å². The molecule has 1 amide bonds. The van der Waals surface area contributed by atoms with Gasteiger partial charge in [0.05, 0.1) is 6.10 Å². The second kappa shape index (κ2) is 4.21. The number of amides is 1. The molecule has 6 heteroatoms. The standard InChI is InChI=1S/C11H13NO5/c1-6-2-3-9(17-6)10(14)12-5-7(13)4-8(12)11(15)16/h2-3,7-8,13H,4-5H2,1H3,(H,15,16)/t7-,8+/m1/s1. The molecule has 0 radical (unpaired) electrons. The van der Waals surface area contributed by atoms with E-state index in [2.05, 4.69) is 0 Å². The van der Waals surface area contributed by atoms with E-state index in [9.17, 15) is 14.7 Å². The van der Waals surface area contributed by atoms with Gasteiger partial charge in [0.15, 0.2) is 5.76 Å². The molecule has 0 saturated carbocycles. The number of nitrogens with zero attached hydrogens (tertiary/aromatic N) is 1. The lowest BCUT2D eigenvalue weighted by atomic mass is 10.2. The molecule has 1 fully saturated rings. The van der Waals surface area contributed by atoms with Crippen LogP contribution < -0.4 is 0 Å². The summed E-state index contributed by atoms with van der Waals surface area (Å²) >= 11 is 0. The van der Waals surface area contributed by atoms with Crippen LogP contribution in [0.5, 0.6) is 0 Å². The third-order valence-electron chi connectivity index (χ3n) is 2.78. The van der Waals surface area contributed by atoms with Gasteiger partial charge in [0.1, 0.15) is 11.8 Å². The van der Waals surface area contributed by atoms with Gasteiger partial charge < -0.3 is 19.5 Å². The number of aliphatic carboxylic acids is 1. The summed E-state index contributed by atoms with van der Waals surface area (Å²) in [5.41, 5.74) is 0. The number of carbonyl (C=O) groups is 2. The molecule has 1 aliphatic rings. The number of aryl methyl sites for hydroxylation is 1. The number of hydrogen-bond donors (Lipinski definition) is 2. The first-order chi connectivity index (χ1) is 7.99. The number of carboxylic acids is 1. The average molecular weight is 239 g/mol. The zero-order valence-corrected chi connectivity index (χ0v) is 9.29. The molecule has 0 spiro atoms. The Morgan fingerprint density at radius 3 is 2.71 bits per heavy atom. The SMILES string of the molecule is Cc1ccc(C(=O)N2C[C@H](O)C[C@H]2C(=O)O)o1. The topological polar surface area (TPSA) is 91.0 Å². The fraction of sp³-hybridized carbons (Fsp3) is 0.455. The highest BCUT2D eigenvalue weighted by Crippen LogP contribution is 2.21. The summed E-state index contributed by atoms with van der Waals surface area (Å²) in [5.74, 6) is -0.928. The number of carbonyl (C=O) groups excluding carboxylic acids is 1. The Labute approximate surface area is 97.4 Å². The maximum atomic E-state index is 12.0. The minimum Gasteiger partial charge on any atom is -0.480 e. The van der Waals surface area contributed by atoms with Crippen molar-refractivity contribution in [2.45, 2.75) is 25.5 Å². The van der Waals surface area contributed by atoms with Crippen LogP contribution >= 0.6 is 0 Å². The summed E-state index contributed by atoms with van der Waals surface area (Å²) in [4.78, 5) is 24.1. The van der Waals surface area contributed by atoms with Gasteiger partial charge in [-0.1, -0.05) is 0 Å². The minimum absolute atomic E-state index is 0.0234. The summed E-state index contributed by atoms with van der Waals surface area (Å²) in [6.07, 6.45) is -0.739. The number of aliphatic hydroxyl groups excluding tert-OH is 1. The largest absolute Gasteiger partial charge is 0.480 e. The summed E-state index contributed by atoms with van der Waals surface area (Å²) in [6.45, 7) is 1.72. The number of β-amino-alcohol motifs (C(OH)–C–C–N with tert-alkyl or cyclic N) is 1. The molecule has 2 atom stereocenters. The van der Waals surface area contributed by atoms with Crippen LogP contribution in [0.3, 0.4) is 0 Å². The van der Waals surface area contributed by atoms with Crippen LogP contribution in [0, 0.1) is 6.92 Å². The number of carboxylic acid groups (broad SMARTS) is 1. The summed E-state index contributed by atoms with van der Waals surface area (Å²) in [7, 11) is 0. The van der Waals surface area contributed by atoms with E-state index in [1.807, 2.05) is 0 Å². The quantitative estimate of drug-likeness (QED) is 0.771. The molecule has 2 heterocycles. The first-order valence-corrected chi connectivity index (χ1v) is 5.27. The van der Waals surface area contributed by atoms with E-state index in [0.717, 1.165) is 4.90 Å². The fourth-order valence-electron chi connectivity index (χ4n) is 1.96. The van der Waals surface area contributed by atoms with E-state index < -0.39 is 24.0 Å². The van der Waals surface area contributed by atoms with E-state index in [0.29, 0.717) is 5.76 Å². The molecule has 92 valence electrons. The Hall–Kier alpha value is -1.82. The highest BCUT2D eigenvalue weighted by atomic mass is 16.4. The van der Waals surface area contributed by atoms with Crippen molar-refractivity contribution in [2.75, 3.05) is 6.54 Å². The molecule has 0 aliphatic carbocycles. The van der Waals surface area contributed by atoms with Gasteiger partial charge in [-0.3, -0.25) is 4.79 Å². The minimum atomic E-state index is -1.11. The van der Waals surface area contributed by atoms with Gasteiger partial charge in [-0.15, -0.1) is 0 Å². The predicted octanol–water partition coefficient (Wildman–Crippen LogP) is 0.248. The lowest BCUT2D eigenvalue weighted by Gasteiger charge is -2.19. The predicted molar refractivity (Wildman–Crippen MR) is 56.5 cm³/mol. The van der Waals surface area contributed by atoms with Crippen LogP contribution in [0.15, 0.2) is 16.5 Å². The zero-order valence-electron chi connectivity index (χ0n) is 9.29. The lowest BCUT2D eigenvalue weighted by molar-refractivity contribution is -0.141. The number of furan rings is 1. The van der Waals surface area contributed by atoms with Crippen LogP contribution in [-0.4, -0.2) is 45.7 Å². The number of rotatable bonds is 2. The van der Waals surface area contributed by atoms with Crippen LogP contribution in [0.4, 0.5) is 0 Å². The number of hydrogen-bond acceptors (Lipinski definition) is 4. The molecule has 2 rings (SSSR count). The van der Waals surface area contributed by atoms with E-state index >= 15 is 0 Å². The van der Waals surface area contributed by atoms with Gasteiger partial charge in [-0.25, -0.2) is 4.79 Å². The summed E-state index contributed by atoms with van der Waals surface area (Å²) in [6, 6.07) is 2.15. The third-order valence-corrected chi connectivity index (χ3v) is 2.78. The smallest absolute Gasteiger partial charge is 0.326 e. The zero-order chi connectivity index (χ0) is 12.6. The normalized spacial score (nSPS) is 24.0. The number of likely N-dealkylation sites (tertiary alicyclic amines) is 1. The van der Waals surface area contributed by atoms with E-state index in [1.54, 1.807) is 13.0 Å². The van der Waals surface area contributed by atoms with Crippen LogP contribution in [0.2, 0.25) is 0 Å². The van der Waals surface area contributed by atoms with Crippen molar-refractivity contribution in [3.8, 4) is 0 Å². The Bertz CT molecular complexity index is 452. The van der Waals surface area contributed by atoms with Gasteiger partial charge in [0.25, 0.3) is 5.91 Å². The summed E-state index contributed by atoms with van der Waals surface area (Å²) in [5, 5.41) is 18.4. The maximum Gasteiger partial charge on any atom is 0.326 e. The van der Waals surface area contributed by atoms with Crippen molar-refractivity contribution in [3.05, 3.63) is 23.7 Å². The average Bonchev–Trinajstić information content (AvgIpc) is 2.83. The molecule has 0 bridgehead atoms. The monoisotopic (exact) mass is 239 g/mol. The van der Waals surface area contributed by atoms with Crippen LogP contribution in [0.1, 0.15) is 22.7 Å². The Kier molecular flexibility index (Phi) is 2.89. The van der Waals surface area contributed by atoms with Crippen molar-refractivity contribution in [1.82, 2.24) is 4.90 Å². The molecule has 1 aliphatic heterocycles. The van der Waals surface area contributed by atoms with Gasteiger partial charge in [0.2, 0.25) is 0 Å². The van der Waals surface area contributed by atoms with Gasteiger partial charge in [-0.05, 0) is 19.1 Å².